The van der Waals surface area contributed by atoms with Crippen molar-refractivity contribution in [3.05, 3.63) is 28.0 Å². The second-order valence-corrected chi connectivity index (χ2v) is 6.07. The molecule has 22 heavy (non-hydrogen) atoms. The van der Waals surface area contributed by atoms with Gasteiger partial charge in [-0.15, -0.1) is 0 Å². The highest BCUT2D eigenvalue weighted by atomic mass is 32.1. The van der Waals surface area contributed by atoms with E-state index in [1.807, 2.05) is 13.8 Å². The highest BCUT2D eigenvalue weighted by molar-refractivity contribution is 7.17. The number of hydrogen-bond acceptors (Lipinski definition) is 5. The van der Waals surface area contributed by atoms with E-state index in [4.69, 9.17) is 0 Å². The van der Waals surface area contributed by atoms with E-state index in [0.29, 0.717) is 27.9 Å². The Bertz CT molecular complexity index is 717. The average molecular weight is 321 g/mol. The van der Waals surface area contributed by atoms with Gasteiger partial charge in [0.1, 0.15) is 4.88 Å². The van der Waals surface area contributed by atoms with E-state index in [1.54, 1.807) is 31.8 Å². The van der Waals surface area contributed by atoms with Gasteiger partial charge in [-0.3, -0.25) is 19.6 Å². The van der Waals surface area contributed by atoms with Gasteiger partial charge in [0.15, 0.2) is 10.8 Å². The fourth-order valence-electron chi connectivity index (χ4n) is 1.95. The van der Waals surface area contributed by atoms with Crippen LogP contribution < -0.4 is 5.32 Å². The van der Waals surface area contributed by atoms with Crippen molar-refractivity contribution in [3.63, 3.8) is 0 Å². The minimum atomic E-state index is -0.326. The van der Waals surface area contributed by atoms with Crippen LogP contribution in [0.15, 0.2) is 6.07 Å². The van der Waals surface area contributed by atoms with Crippen molar-refractivity contribution < 1.29 is 9.59 Å². The molecule has 0 bridgehead atoms. The van der Waals surface area contributed by atoms with Crippen LogP contribution >= 0.6 is 11.3 Å². The SMILES string of the molecule is CCn1nc(C(=O)Nc2nc(C)c(C(=O)N(C)C)s2)cc1C. The topological polar surface area (TPSA) is 80.1 Å². The number of aryl methyl sites for hydroxylation is 3. The summed E-state index contributed by atoms with van der Waals surface area (Å²) in [7, 11) is 3.36. The van der Waals surface area contributed by atoms with E-state index in [9.17, 15) is 9.59 Å². The fourth-order valence-corrected chi connectivity index (χ4v) is 2.94. The third-order valence-electron chi connectivity index (χ3n) is 3.13. The summed E-state index contributed by atoms with van der Waals surface area (Å²) in [5, 5.41) is 7.32. The van der Waals surface area contributed by atoms with Crippen LogP contribution in [0.3, 0.4) is 0 Å². The quantitative estimate of drug-likeness (QED) is 0.933. The number of hydrogen-bond donors (Lipinski definition) is 1. The Morgan fingerprint density at radius 3 is 2.59 bits per heavy atom. The van der Waals surface area contributed by atoms with Gasteiger partial charge < -0.3 is 4.90 Å². The van der Waals surface area contributed by atoms with Crippen LogP contribution in [0.25, 0.3) is 0 Å². The molecule has 0 unspecified atom stereocenters. The largest absolute Gasteiger partial charge is 0.344 e. The lowest BCUT2D eigenvalue weighted by Crippen LogP contribution is -2.21. The van der Waals surface area contributed by atoms with E-state index in [1.165, 1.54) is 16.2 Å². The summed E-state index contributed by atoms with van der Waals surface area (Å²) in [5.41, 5.74) is 1.87. The van der Waals surface area contributed by atoms with Gasteiger partial charge in [-0.05, 0) is 26.8 Å². The van der Waals surface area contributed by atoms with Gasteiger partial charge in [0.25, 0.3) is 11.8 Å². The zero-order valence-electron chi connectivity index (χ0n) is 13.3. The van der Waals surface area contributed by atoms with Crippen molar-refractivity contribution in [3.8, 4) is 0 Å². The molecule has 2 amide bonds. The Balaban J connectivity index is 2.18. The number of anilines is 1. The normalized spacial score (nSPS) is 10.6. The molecule has 0 saturated heterocycles. The number of thiazole rings is 1. The zero-order valence-corrected chi connectivity index (χ0v) is 14.1. The summed E-state index contributed by atoms with van der Waals surface area (Å²) in [6, 6.07) is 1.73. The van der Waals surface area contributed by atoms with Gasteiger partial charge in [-0.25, -0.2) is 4.98 Å². The Kier molecular flexibility index (Phi) is 4.60. The lowest BCUT2D eigenvalue weighted by atomic mass is 10.3. The van der Waals surface area contributed by atoms with Crippen LogP contribution in [0.2, 0.25) is 0 Å². The van der Waals surface area contributed by atoms with E-state index in [-0.39, 0.29) is 11.8 Å². The van der Waals surface area contributed by atoms with Crippen LogP contribution in [-0.4, -0.2) is 45.6 Å². The van der Waals surface area contributed by atoms with Crippen molar-refractivity contribution in [2.24, 2.45) is 0 Å². The van der Waals surface area contributed by atoms with Crippen LogP contribution in [0.4, 0.5) is 5.13 Å². The second-order valence-electron chi connectivity index (χ2n) is 5.07. The van der Waals surface area contributed by atoms with Crippen molar-refractivity contribution >= 4 is 28.3 Å². The Hall–Kier alpha value is -2.22. The zero-order chi connectivity index (χ0) is 16.4. The number of aromatic nitrogens is 3. The first-order valence-electron chi connectivity index (χ1n) is 6.88. The molecule has 0 spiro atoms. The van der Waals surface area contributed by atoms with Crippen LogP contribution in [0, 0.1) is 13.8 Å². The number of carbonyl (C=O) groups excluding carboxylic acids is 2. The first-order chi connectivity index (χ1) is 10.3. The predicted molar refractivity (Wildman–Crippen MR) is 85.5 cm³/mol. The summed E-state index contributed by atoms with van der Waals surface area (Å²) in [6.07, 6.45) is 0. The van der Waals surface area contributed by atoms with E-state index >= 15 is 0 Å². The molecule has 2 aromatic heterocycles. The molecule has 0 aromatic carbocycles. The molecule has 0 aliphatic rings. The maximum atomic E-state index is 12.2. The molecule has 0 fully saturated rings. The van der Waals surface area contributed by atoms with Gasteiger partial charge in [-0.2, -0.15) is 5.10 Å². The average Bonchev–Trinajstić information content (AvgIpc) is 3.00. The maximum Gasteiger partial charge on any atom is 0.277 e. The van der Waals surface area contributed by atoms with Gasteiger partial charge in [0.2, 0.25) is 0 Å². The van der Waals surface area contributed by atoms with Crippen LogP contribution in [0.5, 0.6) is 0 Å². The first-order valence-corrected chi connectivity index (χ1v) is 7.70. The third kappa shape index (κ3) is 3.16. The monoisotopic (exact) mass is 321 g/mol. The summed E-state index contributed by atoms with van der Waals surface area (Å²) in [5.74, 6) is -0.450. The fraction of sp³-hybridized carbons (Fsp3) is 0.429. The number of rotatable bonds is 4. The van der Waals surface area contributed by atoms with Crippen LogP contribution in [0.1, 0.15) is 38.5 Å². The second kappa shape index (κ2) is 6.27. The van der Waals surface area contributed by atoms with E-state index < -0.39 is 0 Å². The Labute approximate surface area is 133 Å². The molecular weight excluding hydrogens is 302 g/mol. The molecular formula is C14H19N5O2S. The number of nitrogens with zero attached hydrogens (tertiary/aromatic N) is 4. The van der Waals surface area contributed by atoms with Crippen molar-refractivity contribution in [2.75, 3.05) is 19.4 Å². The van der Waals surface area contributed by atoms with Crippen molar-refractivity contribution in [1.82, 2.24) is 19.7 Å². The molecule has 8 heteroatoms. The minimum absolute atomic E-state index is 0.124. The number of nitrogens with one attached hydrogen (secondary N) is 1. The standard InChI is InChI=1S/C14H19N5O2S/c1-6-19-8(2)7-10(17-19)12(20)16-14-15-9(3)11(22-14)13(21)18(4)5/h7H,6H2,1-5H3,(H,15,16,20). The number of amides is 2. The predicted octanol–water partition coefficient (Wildman–Crippen LogP) is 1.93. The smallest absolute Gasteiger partial charge is 0.277 e. The summed E-state index contributed by atoms with van der Waals surface area (Å²) < 4.78 is 1.75. The third-order valence-corrected chi connectivity index (χ3v) is 4.19. The highest BCUT2D eigenvalue weighted by Crippen LogP contribution is 2.24. The van der Waals surface area contributed by atoms with Crippen molar-refractivity contribution in [2.45, 2.75) is 27.3 Å². The summed E-state index contributed by atoms with van der Waals surface area (Å²) in [6.45, 7) is 6.31. The maximum absolute atomic E-state index is 12.2. The van der Waals surface area contributed by atoms with Gasteiger partial charge in [-0.1, -0.05) is 11.3 Å². The molecule has 0 aliphatic heterocycles. The first kappa shape index (κ1) is 16.2. The molecule has 0 radical (unpaired) electrons. The lowest BCUT2D eigenvalue weighted by molar-refractivity contribution is 0.0831. The Morgan fingerprint density at radius 2 is 2.05 bits per heavy atom. The molecule has 118 valence electrons. The van der Waals surface area contributed by atoms with Crippen LogP contribution in [-0.2, 0) is 6.54 Å². The molecule has 2 aromatic rings. The summed E-state index contributed by atoms with van der Waals surface area (Å²) >= 11 is 1.17. The highest BCUT2D eigenvalue weighted by Gasteiger charge is 2.19. The molecule has 0 saturated carbocycles. The number of carbonyl (C=O) groups is 2. The van der Waals surface area contributed by atoms with Gasteiger partial charge in [0.05, 0.1) is 5.69 Å². The Morgan fingerprint density at radius 1 is 1.36 bits per heavy atom. The summed E-state index contributed by atoms with van der Waals surface area (Å²) in [4.78, 5) is 30.4. The lowest BCUT2D eigenvalue weighted by Gasteiger charge is -2.07. The molecule has 2 rings (SSSR count). The molecule has 0 atom stereocenters. The molecule has 1 N–H and O–H groups in total. The molecule has 0 aliphatic carbocycles. The molecule has 7 nitrogen and oxygen atoms in total. The van der Waals surface area contributed by atoms with Gasteiger partial charge >= 0.3 is 0 Å². The van der Waals surface area contributed by atoms with E-state index in [0.717, 1.165) is 5.69 Å². The van der Waals surface area contributed by atoms with Crippen molar-refractivity contribution in [1.29, 1.82) is 0 Å². The molecule has 2 heterocycles. The minimum Gasteiger partial charge on any atom is -0.344 e. The van der Waals surface area contributed by atoms with Gasteiger partial charge in [0, 0.05) is 26.3 Å². The van der Waals surface area contributed by atoms with E-state index in [2.05, 4.69) is 15.4 Å².